The summed E-state index contributed by atoms with van der Waals surface area (Å²) < 4.78 is 0. The van der Waals surface area contributed by atoms with Crippen LogP contribution in [0.2, 0.25) is 0 Å². The molecule has 3 rings (SSSR count). The fraction of sp³-hybridized carbons (Fsp3) is 0.188. The van der Waals surface area contributed by atoms with Crippen LogP contribution in [0.3, 0.4) is 0 Å². The number of carbonyl (C=O) groups is 1. The van der Waals surface area contributed by atoms with Crippen LogP contribution in [-0.2, 0) is 6.54 Å². The van der Waals surface area contributed by atoms with Gasteiger partial charge in [-0.1, -0.05) is 0 Å². The van der Waals surface area contributed by atoms with E-state index in [2.05, 4.69) is 32.8 Å². The Balaban J connectivity index is 1.70. The number of pyridine rings is 1. The Labute approximate surface area is 136 Å². The predicted molar refractivity (Wildman–Crippen MR) is 90.3 cm³/mol. The molecule has 1 N–H and O–H groups in total. The first-order chi connectivity index (χ1) is 10.6. The van der Waals surface area contributed by atoms with E-state index in [4.69, 9.17) is 0 Å². The molecular weight excluding hydrogens is 314 g/mol. The summed E-state index contributed by atoms with van der Waals surface area (Å²) in [6.45, 7) is 4.22. The number of aryl methyl sites for hydroxylation is 2. The van der Waals surface area contributed by atoms with E-state index in [0.717, 1.165) is 27.4 Å². The fourth-order valence-electron chi connectivity index (χ4n) is 2.18. The van der Waals surface area contributed by atoms with Gasteiger partial charge in [0.15, 0.2) is 0 Å². The summed E-state index contributed by atoms with van der Waals surface area (Å²) in [5, 5.41) is 7.97. The first kappa shape index (κ1) is 14.9. The highest BCUT2D eigenvalue weighted by atomic mass is 32.1. The van der Waals surface area contributed by atoms with E-state index in [1.54, 1.807) is 17.5 Å². The number of nitrogens with one attached hydrogen (secondary N) is 1. The van der Waals surface area contributed by atoms with Crippen molar-refractivity contribution >= 4 is 28.6 Å². The number of hydrogen-bond acceptors (Lipinski definition) is 5. The zero-order valence-electron chi connectivity index (χ0n) is 12.3. The van der Waals surface area contributed by atoms with Crippen molar-refractivity contribution in [2.24, 2.45) is 0 Å². The lowest BCUT2D eigenvalue weighted by Crippen LogP contribution is -2.22. The normalized spacial score (nSPS) is 10.6. The molecule has 3 aromatic rings. The number of nitrogens with zero attached hydrogens (tertiary/aromatic N) is 2. The number of hydrogen-bond donors (Lipinski definition) is 1. The van der Waals surface area contributed by atoms with Crippen molar-refractivity contribution in [3.63, 3.8) is 0 Å². The van der Waals surface area contributed by atoms with Crippen molar-refractivity contribution in [2.45, 2.75) is 20.4 Å². The standard InChI is InChI=1S/C16H15N3OS2/c1-10-15(22-11(2)19-10)16(20)18-7-12-5-14(8-17-6-12)13-3-4-21-9-13/h3-6,8-9H,7H2,1-2H3,(H,18,20). The molecule has 0 radical (unpaired) electrons. The highest BCUT2D eigenvalue weighted by Crippen LogP contribution is 2.22. The molecule has 0 saturated carbocycles. The molecule has 0 bridgehead atoms. The number of thiazole rings is 1. The third-order valence-electron chi connectivity index (χ3n) is 3.21. The number of rotatable bonds is 4. The molecule has 0 unspecified atom stereocenters. The Morgan fingerprint density at radius 1 is 1.27 bits per heavy atom. The van der Waals surface area contributed by atoms with Crippen molar-refractivity contribution in [2.75, 3.05) is 0 Å². The van der Waals surface area contributed by atoms with Crippen molar-refractivity contribution in [1.29, 1.82) is 0 Å². The van der Waals surface area contributed by atoms with Gasteiger partial charge in [0.2, 0.25) is 0 Å². The maximum absolute atomic E-state index is 12.2. The monoisotopic (exact) mass is 329 g/mol. The van der Waals surface area contributed by atoms with Gasteiger partial charge in [0.25, 0.3) is 5.91 Å². The molecule has 1 amide bonds. The van der Waals surface area contributed by atoms with Crippen molar-refractivity contribution in [1.82, 2.24) is 15.3 Å². The first-order valence-corrected chi connectivity index (χ1v) is 8.58. The minimum Gasteiger partial charge on any atom is -0.347 e. The molecule has 3 aromatic heterocycles. The van der Waals surface area contributed by atoms with E-state index in [1.165, 1.54) is 11.3 Å². The van der Waals surface area contributed by atoms with E-state index in [1.807, 2.05) is 25.4 Å². The fourth-order valence-corrected chi connectivity index (χ4v) is 3.68. The smallest absolute Gasteiger partial charge is 0.263 e. The summed E-state index contributed by atoms with van der Waals surface area (Å²) in [7, 11) is 0. The van der Waals surface area contributed by atoms with E-state index in [9.17, 15) is 4.79 Å². The van der Waals surface area contributed by atoms with E-state index in [-0.39, 0.29) is 5.91 Å². The Kier molecular flexibility index (Phi) is 4.31. The van der Waals surface area contributed by atoms with Gasteiger partial charge in [0.05, 0.1) is 10.7 Å². The maximum Gasteiger partial charge on any atom is 0.263 e. The summed E-state index contributed by atoms with van der Waals surface area (Å²) >= 11 is 3.08. The third kappa shape index (κ3) is 3.23. The first-order valence-electron chi connectivity index (χ1n) is 6.82. The molecule has 0 aromatic carbocycles. The van der Waals surface area contributed by atoms with Crippen LogP contribution in [0.15, 0.2) is 35.3 Å². The minimum atomic E-state index is -0.0796. The molecule has 3 heterocycles. The molecule has 0 aliphatic carbocycles. The highest BCUT2D eigenvalue weighted by molar-refractivity contribution is 7.13. The van der Waals surface area contributed by atoms with Gasteiger partial charge in [-0.05, 0) is 47.9 Å². The van der Waals surface area contributed by atoms with Gasteiger partial charge in [-0.2, -0.15) is 11.3 Å². The van der Waals surface area contributed by atoms with Gasteiger partial charge < -0.3 is 5.32 Å². The molecule has 22 heavy (non-hydrogen) atoms. The highest BCUT2D eigenvalue weighted by Gasteiger charge is 2.13. The van der Waals surface area contributed by atoms with Crippen LogP contribution in [0.5, 0.6) is 0 Å². The number of thiophene rings is 1. The van der Waals surface area contributed by atoms with E-state index < -0.39 is 0 Å². The number of carbonyl (C=O) groups excluding carboxylic acids is 1. The Hall–Kier alpha value is -2.05. The molecule has 0 fully saturated rings. The molecule has 0 atom stereocenters. The van der Waals surface area contributed by atoms with Crippen LogP contribution < -0.4 is 5.32 Å². The van der Waals surface area contributed by atoms with Crippen molar-refractivity contribution < 1.29 is 4.79 Å². The Morgan fingerprint density at radius 2 is 2.14 bits per heavy atom. The largest absolute Gasteiger partial charge is 0.347 e. The number of aromatic nitrogens is 2. The van der Waals surface area contributed by atoms with Gasteiger partial charge in [0, 0.05) is 24.5 Å². The second-order valence-corrected chi connectivity index (χ2v) is 6.91. The van der Waals surface area contributed by atoms with Gasteiger partial charge in [-0.15, -0.1) is 11.3 Å². The van der Waals surface area contributed by atoms with Gasteiger partial charge >= 0.3 is 0 Å². The van der Waals surface area contributed by atoms with Gasteiger partial charge in [0.1, 0.15) is 4.88 Å². The van der Waals surface area contributed by atoms with Crippen LogP contribution in [0.4, 0.5) is 0 Å². The SMILES string of the molecule is Cc1nc(C)c(C(=O)NCc2cncc(-c3ccsc3)c2)s1. The quantitative estimate of drug-likeness (QED) is 0.792. The maximum atomic E-state index is 12.2. The van der Waals surface area contributed by atoms with Crippen LogP contribution in [-0.4, -0.2) is 15.9 Å². The molecule has 0 spiro atoms. The summed E-state index contributed by atoms with van der Waals surface area (Å²) in [4.78, 5) is 21.4. The lowest BCUT2D eigenvalue weighted by atomic mass is 10.1. The molecule has 4 nitrogen and oxygen atoms in total. The van der Waals surface area contributed by atoms with Crippen LogP contribution in [0, 0.1) is 13.8 Å². The summed E-state index contributed by atoms with van der Waals surface area (Å²) in [5.74, 6) is -0.0796. The number of amides is 1. The van der Waals surface area contributed by atoms with Crippen LogP contribution in [0.25, 0.3) is 11.1 Å². The topological polar surface area (TPSA) is 54.9 Å². The third-order valence-corrected chi connectivity index (χ3v) is 4.97. The average Bonchev–Trinajstić information content (AvgIpc) is 3.15. The van der Waals surface area contributed by atoms with Crippen molar-refractivity contribution in [3.8, 4) is 11.1 Å². The zero-order chi connectivity index (χ0) is 15.5. The van der Waals surface area contributed by atoms with Gasteiger partial charge in [-0.3, -0.25) is 9.78 Å². The van der Waals surface area contributed by atoms with E-state index in [0.29, 0.717) is 11.4 Å². The summed E-state index contributed by atoms with van der Waals surface area (Å²) in [6.07, 6.45) is 3.62. The molecule has 0 aliphatic heterocycles. The molecule has 0 saturated heterocycles. The predicted octanol–water partition coefficient (Wildman–Crippen LogP) is 3.81. The lowest BCUT2D eigenvalue weighted by molar-refractivity contribution is 0.0954. The summed E-state index contributed by atoms with van der Waals surface area (Å²) in [5.41, 5.74) is 3.98. The van der Waals surface area contributed by atoms with Gasteiger partial charge in [-0.25, -0.2) is 4.98 Å². The van der Waals surface area contributed by atoms with Crippen LogP contribution >= 0.6 is 22.7 Å². The lowest BCUT2D eigenvalue weighted by Gasteiger charge is -2.06. The molecular formula is C16H15N3OS2. The average molecular weight is 329 g/mol. The Morgan fingerprint density at radius 3 is 2.82 bits per heavy atom. The molecule has 112 valence electrons. The Bertz CT molecular complexity index is 794. The molecule has 0 aliphatic rings. The summed E-state index contributed by atoms with van der Waals surface area (Å²) in [6, 6.07) is 4.12. The second kappa shape index (κ2) is 6.37. The van der Waals surface area contributed by atoms with Crippen molar-refractivity contribution in [3.05, 3.63) is 56.4 Å². The zero-order valence-corrected chi connectivity index (χ0v) is 13.9. The minimum absolute atomic E-state index is 0.0796. The van der Waals surface area contributed by atoms with E-state index >= 15 is 0 Å². The second-order valence-electron chi connectivity index (χ2n) is 4.92. The molecule has 6 heteroatoms. The van der Waals surface area contributed by atoms with Crippen LogP contribution in [0.1, 0.15) is 25.9 Å².